The van der Waals surface area contributed by atoms with Crippen LogP contribution < -0.4 is 4.74 Å². The number of hydrogen-bond donors (Lipinski definition) is 1. The molecule has 2 fully saturated rings. The van der Waals surface area contributed by atoms with Gasteiger partial charge >= 0.3 is 0 Å². The van der Waals surface area contributed by atoms with Crippen molar-refractivity contribution in [1.29, 1.82) is 0 Å². The fourth-order valence-electron chi connectivity index (χ4n) is 9.96. The number of aliphatic hydroxyl groups excluding tert-OH is 1. The second kappa shape index (κ2) is 29.2. The van der Waals surface area contributed by atoms with Crippen LogP contribution in [-0.4, -0.2) is 92.3 Å². The first kappa shape index (κ1) is 56.6. The number of rotatable bonds is 29. The largest absolute Gasteiger partial charge is 0.497 e. The minimum atomic E-state index is -1.35. The summed E-state index contributed by atoms with van der Waals surface area (Å²) in [6, 6.07) is 67.8. The molecule has 0 unspecified atom stereocenters. The summed E-state index contributed by atoms with van der Waals surface area (Å²) in [6.45, 7) is 5.77. The zero-order valence-corrected chi connectivity index (χ0v) is 44.9. The molecule has 12 heteroatoms. The molecule has 2 aliphatic heterocycles. The van der Waals surface area contributed by atoms with Crippen molar-refractivity contribution in [1.82, 2.24) is 0 Å². The van der Waals surface area contributed by atoms with E-state index in [2.05, 4.69) is 0 Å². The van der Waals surface area contributed by atoms with Gasteiger partial charge in [0.1, 0.15) is 54.6 Å². The minimum Gasteiger partial charge on any atom is -0.497 e. The maximum Gasteiger partial charge on any atom is 0.163 e. The van der Waals surface area contributed by atoms with Crippen LogP contribution in [0.2, 0.25) is 0 Å². The van der Waals surface area contributed by atoms with Gasteiger partial charge in [0, 0.05) is 6.42 Å². The molecule has 10 atom stereocenters. The van der Waals surface area contributed by atoms with Gasteiger partial charge < -0.3 is 57.2 Å². The Morgan fingerprint density at radius 3 is 1.35 bits per heavy atom. The lowest BCUT2D eigenvalue weighted by Crippen LogP contribution is -2.62. The SMILES string of the molecule is COc1ccc(CO[C@H](C[C@@H]2O[C@H](COCc3ccccc3)[C@@H](OCc3ccccc3)[C@H](OCc3ccccc3)[C@H]2OCc2ccccc2)[C@@H](O)[C@@H](OCc2ccccc2)[C@H](OCc2ccccc2)[C@@H]2COC(C)(C)O2)cc1. The molecule has 0 radical (unpaired) electrons. The Kier molecular flexibility index (Phi) is 21.2. The van der Waals surface area contributed by atoms with Crippen LogP contribution in [0, 0.1) is 0 Å². The number of methoxy groups -OCH3 is 1. The van der Waals surface area contributed by atoms with Crippen LogP contribution in [0.1, 0.15) is 59.2 Å². The van der Waals surface area contributed by atoms with Gasteiger partial charge in [-0.3, -0.25) is 0 Å². The Morgan fingerprint density at radius 1 is 0.474 bits per heavy atom. The molecular weight excluding hydrogens is 985 g/mol. The van der Waals surface area contributed by atoms with Gasteiger partial charge in [0.15, 0.2) is 5.79 Å². The van der Waals surface area contributed by atoms with Crippen LogP contribution in [0.4, 0.5) is 0 Å². The van der Waals surface area contributed by atoms with Gasteiger partial charge in [-0.05, 0) is 64.9 Å². The Labute approximate surface area is 460 Å². The van der Waals surface area contributed by atoms with Crippen molar-refractivity contribution >= 4 is 0 Å². The standard InChI is InChI=1S/C66H74O12/c1-66(2)76-47-59(78-66)63(73-43-51-28-16-7-17-29-51)64(74-44-52-30-18-8-19-31-52)60(67)56(70-40-54-34-36-55(68-3)37-35-54)38-57-61(71-41-49-24-12-5-13-25-49)65(75-45-53-32-20-9-21-33-53)62(72-42-50-26-14-6-15-27-50)58(77-57)46-69-39-48-22-10-4-11-23-48/h4-37,56-65,67H,38-47H2,1-3H3/t56-,57+,58-,59+,60-,61+,62-,63-,64-,65-/m1/s1. The summed E-state index contributed by atoms with van der Waals surface area (Å²) < 4.78 is 74.5. The third kappa shape index (κ3) is 16.7. The van der Waals surface area contributed by atoms with Crippen molar-refractivity contribution in [2.24, 2.45) is 0 Å². The van der Waals surface area contributed by atoms with Crippen molar-refractivity contribution in [3.05, 3.63) is 245 Å². The van der Waals surface area contributed by atoms with Gasteiger partial charge in [-0.1, -0.05) is 194 Å². The summed E-state index contributed by atoms with van der Waals surface area (Å²) in [5.74, 6) is -0.201. The van der Waals surface area contributed by atoms with Gasteiger partial charge in [-0.2, -0.15) is 0 Å². The van der Waals surface area contributed by atoms with Crippen LogP contribution in [0.3, 0.4) is 0 Å². The molecule has 7 aromatic carbocycles. The van der Waals surface area contributed by atoms with Gasteiger partial charge in [0.05, 0.1) is 78.8 Å². The molecule has 2 heterocycles. The minimum absolute atomic E-state index is 0.118. The van der Waals surface area contributed by atoms with E-state index in [-0.39, 0.29) is 59.3 Å². The third-order valence-electron chi connectivity index (χ3n) is 14.1. The topological polar surface area (TPSA) is 122 Å². The molecule has 12 nitrogen and oxygen atoms in total. The molecule has 78 heavy (non-hydrogen) atoms. The predicted molar refractivity (Wildman–Crippen MR) is 297 cm³/mol. The fraction of sp³-hybridized carbons (Fsp3) is 0.364. The van der Waals surface area contributed by atoms with E-state index in [1.165, 1.54) is 0 Å². The normalized spacial score (nSPS) is 21.6. The molecule has 410 valence electrons. The highest BCUT2D eigenvalue weighted by atomic mass is 16.8. The van der Waals surface area contributed by atoms with Crippen molar-refractivity contribution in [3.63, 3.8) is 0 Å². The monoisotopic (exact) mass is 1060 g/mol. The highest BCUT2D eigenvalue weighted by Crippen LogP contribution is 2.36. The molecule has 0 bridgehead atoms. The van der Waals surface area contributed by atoms with Crippen LogP contribution >= 0.6 is 0 Å². The number of hydrogen-bond acceptors (Lipinski definition) is 12. The average molecular weight is 1060 g/mol. The van der Waals surface area contributed by atoms with E-state index < -0.39 is 66.8 Å². The summed E-state index contributed by atoms with van der Waals surface area (Å²) >= 11 is 0. The highest BCUT2D eigenvalue weighted by Gasteiger charge is 2.51. The maximum absolute atomic E-state index is 13.5. The summed E-state index contributed by atoms with van der Waals surface area (Å²) in [6.07, 6.45) is -8.28. The number of aliphatic hydroxyl groups is 1. The van der Waals surface area contributed by atoms with Crippen molar-refractivity contribution in [2.45, 2.75) is 133 Å². The van der Waals surface area contributed by atoms with Crippen molar-refractivity contribution in [2.75, 3.05) is 20.3 Å². The molecule has 1 N–H and O–H groups in total. The maximum atomic E-state index is 13.5. The van der Waals surface area contributed by atoms with Crippen LogP contribution in [0.15, 0.2) is 206 Å². The molecule has 0 aromatic heterocycles. The molecule has 2 saturated heterocycles. The predicted octanol–water partition coefficient (Wildman–Crippen LogP) is 11.4. The fourth-order valence-corrected chi connectivity index (χ4v) is 9.96. The lowest BCUT2D eigenvalue weighted by atomic mass is 9.88. The van der Waals surface area contributed by atoms with E-state index in [0.717, 1.165) is 38.9 Å². The van der Waals surface area contributed by atoms with E-state index in [1.54, 1.807) is 7.11 Å². The Morgan fingerprint density at radius 2 is 0.885 bits per heavy atom. The summed E-state index contributed by atoms with van der Waals surface area (Å²) in [7, 11) is 1.64. The molecule has 9 rings (SSSR count). The Balaban J connectivity index is 1.12. The quantitative estimate of drug-likeness (QED) is 0.0480. The van der Waals surface area contributed by atoms with Gasteiger partial charge in [-0.25, -0.2) is 0 Å². The lowest BCUT2D eigenvalue weighted by Gasteiger charge is -2.47. The molecular formula is C66H74O12. The first-order valence-corrected chi connectivity index (χ1v) is 27.1. The van der Waals surface area contributed by atoms with Gasteiger partial charge in [-0.15, -0.1) is 0 Å². The smallest absolute Gasteiger partial charge is 0.163 e. The number of ether oxygens (including phenoxy) is 11. The Bertz CT molecular complexity index is 2740. The number of benzene rings is 7. The van der Waals surface area contributed by atoms with E-state index in [9.17, 15) is 5.11 Å². The van der Waals surface area contributed by atoms with Gasteiger partial charge in [0.25, 0.3) is 0 Å². The molecule has 0 aliphatic carbocycles. The lowest BCUT2D eigenvalue weighted by molar-refractivity contribution is -0.280. The summed E-state index contributed by atoms with van der Waals surface area (Å²) in [5, 5.41) is 13.5. The Hall–Kier alpha value is -6.10. The molecule has 7 aromatic rings. The van der Waals surface area contributed by atoms with Crippen LogP contribution in [0.5, 0.6) is 5.75 Å². The highest BCUT2D eigenvalue weighted by molar-refractivity contribution is 5.27. The molecule has 0 saturated carbocycles. The average Bonchev–Trinajstić information content (AvgIpc) is 3.96. The zero-order valence-electron chi connectivity index (χ0n) is 44.9. The zero-order chi connectivity index (χ0) is 53.8. The molecule has 2 aliphatic rings. The van der Waals surface area contributed by atoms with E-state index in [0.29, 0.717) is 12.4 Å². The third-order valence-corrected chi connectivity index (χ3v) is 14.1. The first-order valence-electron chi connectivity index (χ1n) is 27.1. The summed E-state index contributed by atoms with van der Waals surface area (Å²) in [5.41, 5.74) is 6.70. The van der Waals surface area contributed by atoms with E-state index in [4.69, 9.17) is 52.1 Å². The molecule has 0 amide bonds. The second-order valence-electron chi connectivity index (χ2n) is 20.3. The van der Waals surface area contributed by atoms with Gasteiger partial charge in [0.2, 0.25) is 0 Å². The first-order chi connectivity index (χ1) is 38.3. The second-order valence-corrected chi connectivity index (χ2v) is 20.3. The van der Waals surface area contributed by atoms with Crippen LogP contribution in [-0.2, 0) is 93.6 Å². The van der Waals surface area contributed by atoms with Crippen LogP contribution in [0.25, 0.3) is 0 Å². The summed E-state index contributed by atoms with van der Waals surface area (Å²) in [4.78, 5) is 0. The van der Waals surface area contributed by atoms with Crippen molar-refractivity contribution in [3.8, 4) is 5.75 Å². The van der Waals surface area contributed by atoms with E-state index in [1.807, 2.05) is 220 Å². The van der Waals surface area contributed by atoms with E-state index >= 15 is 0 Å². The molecule has 0 spiro atoms. The van der Waals surface area contributed by atoms with Crippen molar-refractivity contribution < 1.29 is 57.2 Å².